The maximum atomic E-state index is 5.28. The van der Waals surface area contributed by atoms with Crippen molar-refractivity contribution < 1.29 is 0 Å². The minimum Gasteiger partial charge on any atom is -0.265 e. The van der Waals surface area contributed by atoms with Gasteiger partial charge in [-0.15, -0.1) is 0 Å². The molecule has 0 unspecified atom stereocenters. The molecule has 0 saturated heterocycles. The monoisotopic (exact) mass is 561 g/mol. The molecule has 0 amide bonds. The highest BCUT2D eigenvalue weighted by molar-refractivity contribution is 5.99. The van der Waals surface area contributed by atoms with E-state index in [4.69, 9.17) is 9.97 Å². The van der Waals surface area contributed by atoms with Gasteiger partial charge in [0.2, 0.25) is 0 Å². The van der Waals surface area contributed by atoms with Crippen LogP contribution in [0.25, 0.3) is 77.7 Å². The van der Waals surface area contributed by atoms with Crippen molar-refractivity contribution in [3.63, 3.8) is 0 Å². The van der Waals surface area contributed by atoms with Crippen molar-refractivity contribution in [2.45, 2.75) is 0 Å². The summed E-state index contributed by atoms with van der Waals surface area (Å²) in [5.74, 6) is 0.687. The fourth-order valence-corrected chi connectivity index (χ4v) is 6.01. The maximum Gasteiger partial charge on any atom is 0.160 e. The van der Waals surface area contributed by atoms with E-state index in [1.54, 1.807) is 0 Å². The first kappa shape index (κ1) is 25.8. The SMILES string of the molecule is c1ccc(-c2cc(-c3ccncc3)cc(-c3nc(-c4cccc5ccccc45)cc(-c4cccc5ccccc45)n3)c2)cc1. The summed E-state index contributed by atoms with van der Waals surface area (Å²) in [5.41, 5.74) is 9.36. The molecule has 0 aliphatic rings. The van der Waals surface area contributed by atoms with E-state index in [0.29, 0.717) is 5.82 Å². The Morgan fingerprint density at radius 2 is 0.818 bits per heavy atom. The van der Waals surface area contributed by atoms with Crippen LogP contribution in [0.1, 0.15) is 0 Å². The topological polar surface area (TPSA) is 38.7 Å². The molecule has 0 bridgehead atoms. The molecular formula is C41H27N3. The van der Waals surface area contributed by atoms with Crippen LogP contribution in [0, 0.1) is 0 Å². The van der Waals surface area contributed by atoms with Crippen molar-refractivity contribution in [1.82, 2.24) is 15.0 Å². The number of pyridine rings is 1. The van der Waals surface area contributed by atoms with E-state index in [1.807, 2.05) is 30.6 Å². The van der Waals surface area contributed by atoms with Crippen molar-refractivity contribution in [1.29, 1.82) is 0 Å². The predicted octanol–water partition coefficient (Wildman–Crippen LogP) is 10.5. The fraction of sp³-hybridized carbons (Fsp3) is 0. The van der Waals surface area contributed by atoms with Crippen LogP contribution in [0.15, 0.2) is 164 Å². The van der Waals surface area contributed by atoms with Gasteiger partial charge in [0, 0.05) is 29.1 Å². The van der Waals surface area contributed by atoms with Crippen LogP contribution in [0.2, 0.25) is 0 Å². The summed E-state index contributed by atoms with van der Waals surface area (Å²) >= 11 is 0. The van der Waals surface area contributed by atoms with Crippen LogP contribution in [0.5, 0.6) is 0 Å². The van der Waals surface area contributed by atoms with E-state index in [9.17, 15) is 0 Å². The van der Waals surface area contributed by atoms with Crippen LogP contribution in [0.4, 0.5) is 0 Å². The van der Waals surface area contributed by atoms with Gasteiger partial charge < -0.3 is 0 Å². The molecule has 0 aliphatic carbocycles. The van der Waals surface area contributed by atoms with Gasteiger partial charge in [-0.05, 0) is 80.2 Å². The zero-order valence-electron chi connectivity index (χ0n) is 23.9. The molecule has 0 N–H and O–H groups in total. The van der Waals surface area contributed by atoms with Crippen molar-refractivity contribution in [2.24, 2.45) is 0 Å². The minimum atomic E-state index is 0.687. The van der Waals surface area contributed by atoms with Gasteiger partial charge in [0.05, 0.1) is 11.4 Å². The second-order valence-corrected chi connectivity index (χ2v) is 10.9. The van der Waals surface area contributed by atoms with Gasteiger partial charge >= 0.3 is 0 Å². The summed E-state index contributed by atoms with van der Waals surface area (Å²) in [5, 5.41) is 4.70. The number of hydrogen-bond donors (Lipinski definition) is 0. The number of benzene rings is 6. The standard InChI is InChI=1S/C41H27N3/c1-2-10-28(11-3-1)32-24-33(29-20-22-42-23-21-29)26-34(25-32)41-43-39(37-18-8-14-30-12-4-6-16-35(30)37)27-40(44-41)38-19-9-15-31-13-5-7-17-36(31)38/h1-27H. The predicted molar refractivity (Wildman–Crippen MR) is 182 cm³/mol. The van der Waals surface area contributed by atoms with Gasteiger partial charge in [0.25, 0.3) is 0 Å². The molecule has 0 spiro atoms. The lowest BCUT2D eigenvalue weighted by Crippen LogP contribution is -1.97. The van der Waals surface area contributed by atoms with Crippen molar-refractivity contribution >= 4 is 21.5 Å². The molecule has 6 aromatic carbocycles. The van der Waals surface area contributed by atoms with Gasteiger partial charge in [0.1, 0.15) is 0 Å². The van der Waals surface area contributed by atoms with Crippen molar-refractivity contribution in [2.75, 3.05) is 0 Å². The Labute approximate surface area is 256 Å². The van der Waals surface area contributed by atoms with E-state index < -0.39 is 0 Å². The molecule has 0 fully saturated rings. The van der Waals surface area contributed by atoms with E-state index >= 15 is 0 Å². The van der Waals surface area contributed by atoms with Gasteiger partial charge in [-0.2, -0.15) is 0 Å². The first-order chi connectivity index (χ1) is 21.8. The average Bonchev–Trinajstić information content (AvgIpc) is 3.11. The third-order valence-corrected chi connectivity index (χ3v) is 8.17. The highest BCUT2D eigenvalue weighted by atomic mass is 14.9. The number of rotatable bonds is 5. The molecule has 2 heterocycles. The molecule has 8 rings (SSSR count). The van der Waals surface area contributed by atoms with Gasteiger partial charge in [0.15, 0.2) is 5.82 Å². The van der Waals surface area contributed by atoms with Crippen LogP contribution in [-0.2, 0) is 0 Å². The third kappa shape index (κ3) is 4.81. The molecule has 0 aliphatic heterocycles. The van der Waals surface area contributed by atoms with E-state index in [0.717, 1.165) is 50.3 Å². The molecular weight excluding hydrogens is 534 g/mol. The second kappa shape index (κ2) is 11.0. The quantitative estimate of drug-likeness (QED) is 0.210. The van der Waals surface area contributed by atoms with Gasteiger partial charge in [-0.3, -0.25) is 4.98 Å². The largest absolute Gasteiger partial charge is 0.265 e. The summed E-state index contributed by atoms with van der Waals surface area (Å²) < 4.78 is 0. The number of hydrogen-bond acceptors (Lipinski definition) is 3. The molecule has 0 radical (unpaired) electrons. The van der Waals surface area contributed by atoms with Crippen LogP contribution in [-0.4, -0.2) is 15.0 Å². The highest BCUT2D eigenvalue weighted by Crippen LogP contribution is 2.36. The van der Waals surface area contributed by atoms with Gasteiger partial charge in [-0.1, -0.05) is 115 Å². The minimum absolute atomic E-state index is 0.687. The smallest absolute Gasteiger partial charge is 0.160 e. The van der Waals surface area contributed by atoms with Gasteiger partial charge in [-0.25, -0.2) is 9.97 Å². The maximum absolute atomic E-state index is 5.28. The Morgan fingerprint density at radius 1 is 0.341 bits per heavy atom. The first-order valence-corrected chi connectivity index (χ1v) is 14.8. The number of fused-ring (bicyclic) bond motifs is 2. The first-order valence-electron chi connectivity index (χ1n) is 14.8. The second-order valence-electron chi connectivity index (χ2n) is 10.9. The zero-order valence-corrected chi connectivity index (χ0v) is 23.9. The average molecular weight is 562 g/mol. The van der Waals surface area contributed by atoms with Crippen LogP contribution in [0.3, 0.4) is 0 Å². The molecule has 0 saturated carbocycles. The van der Waals surface area contributed by atoms with E-state index in [2.05, 4.69) is 138 Å². The summed E-state index contributed by atoms with van der Waals surface area (Å²) in [4.78, 5) is 14.8. The Hall–Kier alpha value is -5.93. The molecule has 3 nitrogen and oxygen atoms in total. The molecule has 3 heteroatoms. The van der Waals surface area contributed by atoms with Crippen LogP contribution < -0.4 is 0 Å². The lowest BCUT2D eigenvalue weighted by atomic mass is 9.95. The Bertz CT molecular complexity index is 2110. The molecule has 206 valence electrons. The summed E-state index contributed by atoms with van der Waals surface area (Å²) in [6.07, 6.45) is 3.67. The summed E-state index contributed by atoms with van der Waals surface area (Å²) in [7, 11) is 0. The normalized spacial score (nSPS) is 11.2. The fourth-order valence-electron chi connectivity index (χ4n) is 6.01. The summed E-state index contributed by atoms with van der Waals surface area (Å²) in [6.45, 7) is 0. The highest BCUT2D eigenvalue weighted by Gasteiger charge is 2.16. The third-order valence-electron chi connectivity index (χ3n) is 8.17. The lowest BCUT2D eigenvalue weighted by molar-refractivity contribution is 1.19. The van der Waals surface area contributed by atoms with Crippen LogP contribution >= 0.6 is 0 Å². The lowest BCUT2D eigenvalue weighted by Gasteiger charge is -2.14. The molecule has 8 aromatic rings. The zero-order chi connectivity index (χ0) is 29.3. The van der Waals surface area contributed by atoms with Crippen molar-refractivity contribution in [3.8, 4) is 56.2 Å². The molecule has 0 atom stereocenters. The molecule has 2 aromatic heterocycles. The number of aromatic nitrogens is 3. The van der Waals surface area contributed by atoms with E-state index in [-0.39, 0.29) is 0 Å². The molecule has 44 heavy (non-hydrogen) atoms. The Kier molecular flexibility index (Phi) is 6.47. The van der Waals surface area contributed by atoms with Crippen molar-refractivity contribution in [3.05, 3.63) is 164 Å². The number of nitrogens with zero attached hydrogens (tertiary/aromatic N) is 3. The summed E-state index contributed by atoms with van der Waals surface area (Å²) in [6, 6.07) is 53.1. The van der Waals surface area contributed by atoms with E-state index in [1.165, 1.54) is 21.5 Å². The Morgan fingerprint density at radius 3 is 1.41 bits per heavy atom. The Balaban J connectivity index is 1.41.